The molecule has 5 nitrogen and oxygen atoms in total. The lowest BCUT2D eigenvalue weighted by Gasteiger charge is -2.18. The number of aromatic carboxylic acids is 1. The zero-order valence-electron chi connectivity index (χ0n) is 12.9. The van der Waals surface area contributed by atoms with Crippen LogP contribution >= 0.6 is 0 Å². The van der Waals surface area contributed by atoms with Gasteiger partial charge < -0.3 is 14.7 Å². The standard InChI is InChI=1S/C16H23NO4/c1-4-17(5-2)15(18)10-7-11-21-14-9-6-8-13(12(14)3)16(19)20/h6,8-9H,4-5,7,10-11H2,1-3H3,(H,19,20). The van der Waals surface area contributed by atoms with Gasteiger partial charge in [0.1, 0.15) is 5.75 Å². The molecule has 0 heterocycles. The molecule has 1 rings (SSSR count). The summed E-state index contributed by atoms with van der Waals surface area (Å²) < 4.78 is 5.59. The molecule has 5 heteroatoms. The highest BCUT2D eigenvalue weighted by atomic mass is 16.5. The maximum atomic E-state index is 11.8. The molecule has 0 bridgehead atoms. The van der Waals surface area contributed by atoms with Gasteiger partial charge in [-0.15, -0.1) is 0 Å². The van der Waals surface area contributed by atoms with E-state index in [1.807, 2.05) is 13.8 Å². The molecular formula is C16H23NO4. The quantitative estimate of drug-likeness (QED) is 0.748. The normalized spacial score (nSPS) is 10.2. The van der Waals surface area contributed by atoms with Crippen LogP contribution in [0.5, 0.6) is 5.75 Å². The molecule has 0 unspecified atom stereocenters. The second-order valence-electron chi connectivity index (χ2n) is 4.75. The summed E-state index contributed by atoms with van der Waals surface area (Å²) in [6, 6.07) is 4.95. The number of carboxylic acid groups (broad SMARTS) is 1. The van der Waals surface area contributed by atoms with E-state index in [0.29, 0.717) is 30.8 Å². The van der Waals surface area contributed by atoms with Crippen LogP contribution < -0.4 is 4.74 Å². The minimum Gasteiger partial charge on any atom is -0.493 e. The fourth-order valence-electron chi connectivity index (χ4n) is 2.14. The van der Waals surface area contributed by atoms with Gasteiger partial charge in [0.25, 0.3) is 0 Å². The number of carbonyl (C=O) groups excluding carboxylic acids is 1. The Bertz CT molecular complexity index is 495. The van der Waals surface area contributed by atoms with Crippen molar-refractivity contribution in [2.45, 2.75) is 33.6 Å². The third kappa shape index (κ3) is 4.77. The number of amides is 1. The SMILES string of the molecule is CCN(CC)C(=O)CCCOc1cccc(C(=O)O)c1C. The van der Waals surface area contributed by atoms with Gasteiger partial charge in [-0.05, 0) is 39.3 Å². The number of carboxylic acids is 1. The van der Waals surface area contributed by atoms with Crippen molar-refractivity contribution in [1.29, 1.82) is 0 Å². The lowest BCUT2D eigenvalue weighted by atomic mass is 10.1. The van der Waals surface area contributed by atoms with Crippen molar-refractivity contribution in [3.8, 4) is 5.75 Å². The van der Waals surface area contributed by atoms with E-state index < -0.39 is 5.97 Å². The smallest absolute Gasteiger partial charge is 0.336 e. The van der Waals surface area contributed by atoms with E-state index in [1.165, 1.54) is 0 Å². The van der Waals surface area contributed by atoms with Crippen molar-refractivity contribution in [2.75, 3.05) is 19.7 Å². The Morgan fingerprint density at radius 2 is 1.90 bits per heavy atom. The minimum atomic E-state index is -0.963. The van der Waals surface area contributed by atoms with Gasteiger partial charge in [0.05, 0.1) is 12.2 Å². The van der Waals surface area contributed by atoms with Gasteiger partial charge in [0, 0.05) is 25.1 Å². The number of rotatable bonds is 8. The van der Waals surface area contributed by atoms with Crippen LogP contribution in [0.3, 0.4) is 0 Å². The van der Waals surface area contributed by atoms with E-state index >= 15 is 0 Å². The number of benzene rings is 1. The lowest BCUT2D eigenvalue weighted by molar-refractivity contribution is -0.131. The Morgan fingerprint density at radius 3 is 2.48 bits per heavy atom. The van der Waals surface area contributed by atoms with E-state index in [1.54, 1.807) is 30.0 Å². The first kappa shape index (κ1) is 17.0. The summed E-state index contributed by atoms with van der Waals surface area (Å²) in [5.74, 6) is -0.278. The lowest BCUT2D eigenvalue weighted by Crippen LogP contribution is -2.30. The van der Waals surface area contributed by atoms with E-state index in [9.17, 15) is 9.59 Å². The monoisotopic (exact) mass is 293 g/mol. The molecule has 0 saturated heterocycles. The van der Waals surface area contributed by atoms with Crippen LogP contribution in [-0.4, -0.2) is 41.6 Å². The Kier molecular flexibility index (Phi) is 6.72. The van der Waals surface area contributed by atoms with Crippen molar-refractivity contribution in [3.63, 3.8) is 0 Å². The molecular weight excluding hydrogens is 270 g/mol. The molecule has 21 heavy (non-hydrogen) atoms. The Balaban J connectivity index is 2.48. The zero-order valence-corrected chi connectivity index (χ0v) is 12.9. The molecule has 1 aromatic carbocycles. The van der Waals surface area contributed by atoms with Crippen LogP contribution in [0.4, 0.5) is 0 Å². The largest absolute Gasteiger partial charge is 0.493 e. The number of ether oxygens (including phenoxy) is 1. The van der Waals surface area contributed by atoms with Crippen LogP contribution in [0.2, 0.25) is 0 Å². The highest BCUT2D eigenvalue weighted by Gasteiger charge is 2.12. The average Bonchev–Trinajstić information content (AvgIpc) is 2.46. The Hall–Kier alpha value is -2.04. The number of hydrogen-bond acceptors (Lipinski definition) is 3. The summed E-state index contributed by atoms with van der Waals surface area (Å²) in [6.45, 7) is 7.47. The Labute approximate surface area is 125 Å². The van der Waals surface area contributed by atoms with Crippen LogP contribution in [0.25, 0.3) is 0 Å². The van der Waals surface area contributed by atoms with E-state index in [-0.39, 0.29) is 11.5 Å². The number of hydrogen-bond donors (Lipinski definition) is 1. The topological polar surface area (TPSA) is 66.8 Å². The van der Waals surface area contributed by atoms with Crippen molar-refractivity contribution in [3.05, 3.63) is 29.3 Å². The van der Waals surface area contributed by atoms with Crippen molar-refractivity contribution in [1.82, 2.24) is 4.90 Å². The maximum Gasteiger partial charge on any atom is 0.336 e. The molecule has 0 aliphatic heterocycles. The van der Waals surface area contributed by atoms with Gasteiger partial charge >= 0.3 is 5.97 Å². The summed E-state index contributed by atoms with van der Waals surface area (Å²) in [4.78, 5) is 24.6. The molecule has 1 amide bonds. The fraction of sp³-hybridized carbons (Fsp3) is 0.500. The highest BCUT2D eigenvalue weighted by molar-refractivity contribution is 5.90. The summed E-state index contributed by atoms with van der Waals surface area (Å²) in [6.07, 6.45) is 1.06. The summed E-state index contributed by atoms with van der Waals surface area (Å²) >= 11 is 0. The van der Waals surface area contributed by atoms with Gasteiger partial charge in [-0.2, -0.15) is 0 Å². The zero-order chi connectivity index (χ0) is 15.8. The second-order valence-corrected chi connectivity index (χ2v) is 4.75. The summed E-state index contributed by atoms with van der Waals surface area (Å²) in [5, 5.41) is 9.04. The van der Waals surface area contributed by atoms with E-state index in [4.69, 9.17) is 9.84 Å². The third-order valence-corrected chi connectivity index (χ3v) is 3.42. The highest BCUT2D eigenvalue weighted by Crippen LogP contribution is 2.21. The first-order chi connectivity index (χ1) is 10.0. The third-order valence-electron chi connectivity index (χ3n) is 3.42. The number of nitrogens with zero attached hydrogens (tertiary/aromatic N) is 1. The molecule has 1 aromatic rings. The van der Waals surface area contributed by atoms with Crippen LogP contribution in [0.1, 0.15) is 42.6 Å². The molecule has 0 aliphatic rings. The molecule has 1 N–H and O–H groups in total. The predicted octanol–water partition coefficient (Wildman–Crippen LogP) is 2.72. The molecule has 116 valence electrons. The average molecular weight is 293 g/mol. The fourth-order valence-corrected chi connectivity index (χ4v) is 2.14. The Morgan fingerprint density at radius 1 is 1.24 bits per heavy atom. The van der Waals surface area contributed by atoms with E-state index in [0.717, 1.165) is 13.1 Å². The maximum absolute atomic E-state index is 11.8. The van der Waals surface area contributed by atoms with Crippen LogP contribution in [-0.2, 0) is 4.79 Å². The summed E-state index contributed by atoms with van der Waals surface area (Å²) in [5.41, 5.74) is 0.854. The van der Waals surface area contributed by atoms with Crippen molar-refractivity contribution >= 4 is 11.9 Å². The molecule has 0 spiro atoms. The van der Waals surface area contributed by atoms with Gasteiger partial charge in [0.15, 0.2) is 0 Å². The molecule has 0 aliphatic carbocycles. The second kappa shape index (κ2) is 8.29. The van der Waals surface area contributed by atoms with Gasteiger partial charge in [0.2, 0.25) is 5.91 Å². The van der Waals surface area contributed by atoms with Crippen molar-refractivity contribution < 1.29 is 19.4 Å². The first-order valence-electron chi connectivity index (χ1n) is 7.24. The molecule has 0 radical (unpaired) electrons. The van der Waals surface area contributed by atoms with Crippen LogP contribution in [0.15, 0.2) is 18.2 Å². The minimum absolute atomic E-state index is 0.125. The number of carbonyl (C=O) groups is 2. The molecule has 0 fully saturated rings. The van der Waals surface area contributed by atoms with Gasteiger partial charge in [-0.3, -0.25) is 4.79 Å². The summed E-state index contributed by atoms with van der Waals surface area (Å²) in [7, 11) is 0. The van der Waals surface area contributed by atoms with Crippen LogP contribution in [0, 0.1) is 6.92 Å². The van der Waals surface area contributed by atoms with E-state index in [2.05, 4.69) is 0 Å². The van der Waals surface area contributed by atoms with Gasteiger partial charge in [-0.25, -0.2) is 4.79 Å². The molecule has 0 aromatic heterocycles. The van der Waals surface area contributed by atoms with Crippen molar-refractivity contribution in [2.24, 2.45) is 0 Å². The molecule has 0 saturated carbocycles. The molecule has 0 atom stereocenters. The predicted molar refractivity (Wildman–Crippen MR) is 80.8 cm³/mol. The van der Waals surface area contributed by atoms with Gasteiger partial charge in [-0.1, -0.05) is 6.07 Å². The first-order valence-corrected chi connectivity index (χ1v) is 7.24.